The van der Waals surface area contributed by atoms with E-state index in [0.29, 0.717) is 4.75 Å². The van der Waals surface area contributed by atoms with E-state index in [4.69, 9.17) is 0 Å². The van der Waals surface area contributed by atoms with Crippen LogP contribution in [0.3, 0.4) is 0 Å². The summed E-state index contributed by atoms with van der Waals surface area (Å²) >= 11 is 4.21. The normalized spacial score (nSPS) is 34.3. The van der Waals surface area contributed by atoms with Gasteiger partial charge >= 0.3 is 0 Å². The molecule has 0 spiro atoms. The molecule has 0 aromatic heterocycles. The summed E-state index contributed by atoms with van der Waals surface area (Å²) in [6, 6.07) is 0. The molecule has 1 aliphatic rings. The number of thioether (sulfide) groups is 2. The van der Waals surface area contributed by atoms with Crippen molar-refractivity contribution in [2.24, 2.45) is 0 Å². The lowest BCUT2D eigenvalue weighted by Crippen LogP contribution is -2.27. The molecule has 1 rings (SSSR count). The summed E-state index contributed by atoms with van der Waals surface area (Å²) in [7, 11) is 0. The highest BCUT2D eigenvalue weighted by Crippen LogP contribution is 2.37. The molecule has 0 aromatic rings. The Morgan fingerprint density at radius 3 is 2.44 bits per heavy atom. The van der Waals surface area contributed by atoms with Crippen LogP contribution in [0.15, 0.2) is 0 Å². The Hall–Kier alpha value is 0.700. The van der Waals surface area contributed by atoms with Gasteiger partial charge in [-0.3, -0.25) is 0 Å². The fraction of sp³-hybridized carbons (Fsp3) is 1.00. The van der Waals surface area contributed by atoms with E-state index in [1.165, 1.54) is 11.5 Å². The van der Waals surface area contributed by atoms with Crippen molar-refractivity contribution in [1.82, 2.24) is 0 Å². The third-order valence-corrected chi connectivity index (χ3v) is 5.03. The molecule has 1 heterocycles. The van der Waals surface area contributed by atoms with Crippen LogP contribution in [-0.4, -0.2) is 21.5 Å². The molecular weight excluding hydrogens is 148 g/mol. The molecule has 0 N–H and O–H groups in total. The van der Waals surface area contributed by atoms with Gasteiger partial charge in [-0.25, -0.2) is 0 Å². The Kier molecular flexibility index (Phi) is 2.38. The molecule has 0 amide bonds. The Labute approximate surface area is 66.2 Å². The predicted octanol–water partition coefficient (Wildman–Crippen LogP) is 2.63. The van der Waals surface area contributed by atoms with Gasteiger partial charge in [-0.15, -0.1) is 0 Å². The molecule has 1 unspecified atom stereocenters. The summed E-state index contributed by atoms with van der Waals surface area (Å²) in [6.45, 7) is 6.97. The van der Waals surface area contributed by atoms with Crippen molar-refractivity contribution in [2.45, 2.75) is 30.8 Å². The topological polar surface area (TPSA) is 0 Å². The van der Waals surface area contributed by atoms with Crippen LogP contribution in [0.1, 0.15) is 20.8 Å². The van der Waals surface area contributed by atoms with E-state index in [-0.39, 0.29) is 0 Å². The first kappa shape index (κ1) is 7.80. The van der Waals surface area contributed by atoms with Gasteiger partial charge in [0.25, 0.3) is 0 Å². The smallest absolute Gasteiger partial charge is 0.0194 e. The molecule has 0 bridgehead atoms. The maximum atomic E-state index is 2.33. The van der Waals surface area contributed by atoms with Gasteiger partial charge in [0.1, 0.15) is 0 Å². The van der Waals surface area contributed by atoms with Crippen LogP contribution in [0, 0.1) is 0 Å². The van der Waals surface area contributed by atoms with Gasteiger partial charge in [0.15, 0.2) is 0 Å². The highest BCUT2D eigenvalue weighted by molar-refractivity contribution is 8.07. The lowest BCUT2D eigenvalue weighted by atomic mass is 10.2. The molecule has 9 heavy (non-hydrogen) atoms. The monoisotopic (exact) mass is 162 g/mol. The van der Waals surface area contributed by atoms with Gasteiger partial charge in [0, 0.05) is 21.5 Å². The predicted molar refractivity (Wildman–Crippen MR) is 48.5 cm³/mol. The first-order valence-corrected chi connectivity index (χ1v) is 5.39. The van der Waals surface area contributed by atoms with E-state index in [0.717, 1.165) is 5.25 Å². The molecule has 0 saturated carbocycles. The molecule has 0 radical (unpaired) electrons. The zero-order valence-electron chi connectivity index (χ0n) is 6.31. The Bertz CT molecular complexity index is 89.1. The highest BCUT2D eigenvalue weighted by atomic mass is 32.2. The van der Waals surface area contributed by atoms with Gasteiger partial charge < -0.3 is 0 Å². The largest absolute Gasteiger partial charge is 0.157 e. The molecule has 1 fully saturated rings. The minimum absolute atomic E-state index is 0.539. The van der Waals surface area contributed by atoms with E-state index in [9.17, 15) is 0 Å². The van der Waals surface area contributed by atoms with E-state index in [1.807, 2.05) is 0 Å². The van der Waals surface area contributed by atoms with E-state index in [2.05, 4.69) is 44.3 Å². The second-order valence-corrected chi connectivity index (χ2v) is 6.35. The Morgan fingerprint density at radius 2 is 2.11 bits per heavy atom. The average Bonchev–Trinajstić information content (AvgIpc) is 1.78. The SMILES string of the molecule is CC1CSC(C)(C)CS1. The quantitative estimate of drug-likeness (QED) is 0.537. The standard InChI is InChI=1S/C7H14S2/c1-6-4-9-7(2,3)5-8-6/h6H,4-5H2,1-3H3. The maximum Gasteiger partial charge on any atom is 0.0194 e. The second-order valence-electron chi connectivity index (χ2n) is 3.19. The minimum Gasteiger partial charge on any atom is -0.157 e. The van der Waals surface area contributed by atoms with Crippen LogP contribution in [0.5, 0.6) is 0 Å². The molecule has 1 atom stereocenters. The number of hydrogen-bond donors (Lipinski definition) is 0. The molecule has 0 aromatic carbocycles. The van der Waals surface area contributed by atoms with E-state index < -0.39 is 0 Å². The molecular formula is C7H14S2. The molecule has 2 heteroatoms. The van der Waals surface area contributed by atoms with Crippen LogP contribution < -0.4 is 0 Å². The lowest BCUT2D eigenvalue weighted by Gasteiger charge is -2.31. The zero-order chi connectivity index (χ0) is 6.91. The third kappa shape index (κ3) is 2.42. The number of hydrogen-bond acceptors (Lipinski definition) is 2. The van der Waals surface area contributed by atoms with Crippen molar-refractivity contribution in [2.75, 3.05) is 11.5 Å². The molecule has 0 aliphatic carbocycles. The van der Waals surface area contributed by atoms with Gasteiger partial charge in [0.2, 0.25) is 0 Å². The van der Waals surface area contributed by atoms with Gasteiger partial charge in [-0.2, -0.15) is 23.5 Å². The van der Waals surface area contributed by atoms with Gasteiger partial charge in [0.05, 0.1) is 0 Å². The summed E-state index contributed by atoms with van der Waals surface area (Å²) in [6.07, 6.45) is 0. The van der Waals surface area contributed by atoms with Gasteiger partial charge in [-0.1, -0.05) is 6.92 Å². The average molecular weight is 162 g/mol. The van der Waals surface area contributed by atoms with Crippen molar-refractivity contribution in [3.63, 3.8) is 0 Å². The van der Waals surface area contributed by atoms with E-state index in [1.54, 1.807) is 0 Å². The summed E-state index contributed by atoms with van der Waals surface area (Å²) in [4.78, 5) is 0. The third-order valence-electron chi connectivity index (χ3n) is 1.42. The van der Waals surface area contributed by atoms with Crippen LogP contribution in [0.2, 0.25) is 0 Å². The van der Waals surface area contributed by atoms with Gasteiger partial charge in [-0.05, 0) is 13.8 Å². The van der Waals surface area contributed by atoms with Crippen LogP contribution >= 0.6 is 23.5 Å². The summed E-state index contributed by atoms with van der Waals surface area (Å²) in [5, 5.41) is 0.878. The Balaban J connectivity index is 2.35. The van der Waals surface area contributed by atoms with E-state index >= 15 is 0 Å². The first-order valence-electron chi connectivity index (χ1n) is 3.36. The fourth-order valence-electron chi connectivity index (χ4n) is 0.776. The van der Waals surface area contributed by atoms with Crippen LogP contribution in [0.25, 0.3) is 0 Å². The zero-order valence-corrected chi connectivity index (χ0v) is 7.94. The summed E-state index contributed by atoms with van der Waals surface area (Å²) in [5.41, 5.74) is 0. The number of rotatable bonds is 0. The lowest BCUT2D eigenvalue weighted by molar-refractivity contribution is 0.802. The molecule has 54 valence electrons. The summed E-state index contributed by atoms with van der Waals surface area (Å²) < 4.78 is 0.539. The van der Waals surface area contributed by atoms with Crippen molar-refractivity contribution >= 4 is 23.5 Å². The second kappa shape index (κ2) is 2.75. The first-order chi connectivity index (χ1) is 4.10. The fourth-order valence-corrected chi connectivity index (χ4v) is 3.27. The Morgan fingerprint density at radius 1 is 1.44 bits per heavy atom. The highest BCUT2D eigenvalue weighted by Gasteiger charge is 2.25. The maximum absolute atomic E-state index is 2.33. The van der Waals surface area contributed by atoms with Crippen LogP contribution in [0.4, 0.5) is 0 Å². The summed E-state index contributed by atoms with van der Waals surface area (Å²) in [5.74, 6) is 2.65. The molecule has 1 aliphatic heterocycles. The van der Waals surface area contributed by atoms with Crippen molar-refractivity contribution < 1.29 is 0 Å². The molecule has 0 nitrogen and oxygen atoms in total. The minimum atomic E-state index is 0.539. The van der Waals surface area contributed by atoms with Crippen molar-refractivity contribution in [1.29, 1.82) is 0 Å². The van der Waals surface area contributed by atoms with Crippen LogP contribution in [-0.2, 0) is 0 Å². The van der Waals surface area contributed by atoms with Crippen molar-refractivity contribution in [3.8, 4) is 0 Å². The molecule has 1 saturated heterocycles. The van der Waals surface area contributed by atoms with Crippen molar-refractivity contribution in [3.05, 3.63) is 0 Å².